The highest BCUT2D eigenvalue weighted by Crippen LogP contribution is 2.42. The lowest BCUT2D eigenvalue weighted by molar-refractivity contribution is -0.117. The number of amides is 1. The number of rotatable bonds is 4. The summed E-state index contributed by atoms with van der Waals surface area (Å²) < 4.78 is 6.99. The SMILES string of the molecule is COc1ccc(C2NNCC2C2CC(=O)Nc3c2c(=O)[nH]n3C(C)C)cc1. The van der Waals surface area contributed by atoms with E-state index in [0.717, 1.165) is 11.3 Å². The van der Waals surface area contributed by atoms with E-state index in [1.807, 2.05) is 38.1 Å². The van der Waals surface area contributed by atoms with Crippen LogP contribution in [0.3, 0.4) is 0 Å². The van der Waals surface area contributed by atoms with E-state index in [1.165, 1.54) is 0 Å². The Bertz CT molecular complexity index is 899. The monoisotopic (exact) mass is 371 g/mol. The van der Waals surface area contributed by atoms with Crippen molar-refractivity contribution in [1.29, 1.82) is 0 Å². The summed E-state index contributed by atoms with van der Waals surface area (Å²) in [5.74, 6) is 1.27. The molecule has 27 heavy (non-hydrogen) atoms. The van der Waals surface area contributed by atoms with Crippen molar-refractivity contribution >= 4 is 11.7 Å². The van der Waals surface area contributed by atoms with E-state index in [0.29, 0.717) is 24.3 Å². The predicted molar refractivity (Wildman–Crippen MR) is 102 cm³/mol. The first-order valence-electron chi connectivity index (χ1n) is 9.26. The van der Waals surface area contributed by atoms with Gasteiger partial charge in [-0.2, -0.15) is 0 Å². The van der Waals surface area contributed by atoms with E-state index in [-0.39, 0.29) is 35.4 Å². The van der Waals surface area contributed by atoms with Gasteiger partial charge in [0.25, 0.3) is 5.56 Å². The molecule has 3 heterocycles. The number of hydrogen-bond donors (Lipinski definition) is 4. The summed E-state index contributed by atoms with van der Waals surface area (Å²) in [5, 5.41) is 5.78. The van der Waals surface area contributed by atoms with Crippen molar-refractivity contribution in [1.82, 2.24) is 20.6 Å². The fraction of sp³-hybridized carbons (Fsp3) is 0.474. The minimum Gasteiger partial charge on any atom is -0.497 e. The number of H-pyrrole nitrogens is 1. The Hall–Kier alpha value is -2.58. The molecule has 2 aliphatic heterocycles. The minimum absolute atomic E-state index is 0.00135. The highest BCUT2D eigenvalue weighted by Gasteiger charge is 2.42. The van der Waals surface area contributed by atoms with Crippen LogP contribution in [0.4, 0.5) is 5.82 Å². The van der Waals surface area contributed by atoms with Gasteiger partial charge in [-0.25, -0.2) is 5.43 Å². The highest BCUT2D eigenvalue weighted by molar-refractivity contribution is 5.93. The molecule has 1 saturated heterocycles. The number of benzene rings is 1. The summed E-state index contributed by atoms with van der Waals surface area (Å²) >= 11 is 0. The quantitative estimate of drug-likeness (QED) is 0.655. The van der Waals surface area contributed by atoms with E-state index in [4.69, 9.17) is 4.74 Å². The summed E-state index contributed by atoms with van der Waals surface area (Å²) in [6.45, 7) is 4.63. The molecule has 4 N–H and O–H groups in total. The van der Waals surface area contributed by atoms with Crippen LogP contribution in [-0.4, -0.2) is 29.3 Å². The minimum atomic E-state index is -0.160. The van der Waals surface area contributed by atoms with Gasteiger partial charge in [-0.15, -0.1) is 0 Å². The number of nitrogens with zero attached hydrogens (tertiary/aromatic N) is 1. The summed E-state index contributed by atoms with van der Waals surface area (Å²) in [6, 6.07) is 7.94. The Labute approximate surface area is 157 Å². The van der Waals surface area contributed by atoms with Crippen LogP contribution in [-0.2, 0) is 4.79 Å². The Morgan fingerprint density at radius 2 is 1.93 bits per heavy atom. The second-order valence-corrected chi connectivity index (χ2v) is 7.47. The van der Waals surface area contributed by atoms with Crippen molar-refractivity contribution in [2.45, 2.75) is 38.3 Å². The van der Waals surface area contributed by atoms with Crippen molar-refractivity contribution < 1.29 is 9.53 Å². The van der Waals surface area contributed by atoms with E-state index in [2.05, 4.69) is 21.3 Å². The number of aromatic amines is 1. The van der Waals surface area contributed by atoms with Crippen LogP contribution < -0.4 is 26.5 Å². The van der Waals surface area contributed by atoms with Gasteiger partial charge in [0, 0.05) is 30.8 Å². The molecular weight excluding hydrogens is 346 g/mol. The molecule has 0 radical (unpaired) electrons. The van der Waals surface area contributed by atoms with Crippen molar-refractivity contribution in [2.24, 2.45) is 5.92 Å². The molecule has 0 bridgehead atoms. The number of ether oxygens (including phenoxy) is 1. The predicted octanol–water partition coefficient (Wildman–Crippen LogP) is 1.66. The summed E-state index contributed by atoms with van der Waals surface area (Å²) in [4.78, 5) is 25.1. The normalized spacial score (nSPS) is 24.7. The molecule has 144 valence electrons. The van der Waals surface area contributed by atoms with Crippen LogP contribution in [0.25, 0.3) is 0 Å². The van der Waals surface area contributed by atoms with Crippen molar-refractivity contribution in [3.8, 4) is 5.75 Å². The van der Waals surface area contributed by atoms with Gasteiger partial charge in [0.05, 0.1) is 18.7 Å². The topological polar surface area (TPSA) is 100 Å². The van der Waals surface area contributed by atoms with Gasteiger partial charge >= 0.3 is 0 Å². The first kappa shape index (κ1) is 17.8. The average Bonchev–Trinajstić information content (AvgIpc) is 3.26. The Balaban J connectivity index is 1.72. The van der Waals surface area contributed by atoms with E-state index in [1.54, 1.807) is 11.8 Å². The first-order valence-corrected chi connectivity index (χ1v) is 9.26. The third kappa shape index (κ3) is 3.04. The third-order valence-electron chi connectivity index (χ3n) is 5.53. The molecule has 1 aromatic heterocycles. The van der Waals surface area contributed by atoms with Crippen molar-refractivity contribution in [3.63, 3.8) is 0 Å². The van der Waals surface area contributed by atoms with Gasteiger partial charge < -0.3 is 10.1 Å². The second kappa shape index (κ2) is 6.86. The number of carbonyl (C=O) groups excluding carboxylic acids is 1. The van der Waals surface area contributed by atoms with Crippen LogP contribution in [0.15, 0.2) is 29.1 Å². The third-order valence-corrected chi connectivity index (χ3v) is 5.53. The fourth-order valence-corrected chi connectivity index (χ4v) is 4.20. The molecule has 8 heteroatoms. The molecule has 1 aromatic carbocycles. The number of fused-ring (bicyclic) bond motifs is 1. The molecule has 1 fully saturated rings. The second-order valence-electron chi connectivity index (χ2n) is 7.47. The summed E-state index contributed by atoms with van der Waals surface area (Å²) in [7, 11) is 1.64. The maximum absolute atomic E-state index is 12.7. The van der Waals surface area contributed by atoms with Crippen LogP contribution in [0, 0.1) is 5.92 Å². The number of hydrogen-bond acceptors (Lipinski definition) is 5. The van der Waals surface area contributed by atoms with Gasteiger partial charge in [0.2, 0.25) is 5.91 Å². The summed E-state index contributed by atoms with van der Waals surface area (Å²) in [5.41, 5.74) is 8.17. The number of methoxy groups -OCH3 is 1. The van der Waals surface area contributed by atoms with Gasteiger partial charge in [0.15, 0.2) is 0 Å². The summed E-state index contributed by atoms with van der Waals surface area (Å²) in [6.07, 6.45) is 0.304. The molecule has 1 amide bonds. The zero-order valence-corrected chi connectivity index (χ0v) is 15.7. The molecular formula is C19H25N5O3. The first-order chi connectivity index (χ1) is 13.0. The van der Waals surface area contributed by atoms with E-state index in [9.17, 15) is 9.59 Å². The molecule has 0 aliphatic carbocycles. The van der Waals surface area contributed by atoms with E-state index >= 15 is 0 Å². The highest BCUT2D eigenvalue weighted by atomic mass is 16.5. The molecule has 3 unspecified atom stereocenters. The fourth-order valence-electron chi connectivity index (χ4n) is 4.20. The Kier molecular flexibility index (Phi) is 4.53. The zero-order valence-electron chi connectivity index (χ0n) is 15.7. The molecule has 8 nitrogen and oxygen atoms in total. The van der Waals surface area contributed by atoms with Crippen LogP contribution in [0.5, 0.6) is 5.75 Å². The molecule has 2 aliphatic rings. The van der Waals surface area contributed by atoms with Gasteiger partial charge in [0.1, 0.15) is 11.6 Å². The van der Waals surface area contributed by atoms with Gasteiger partial charge in [-0.3, -0.25) is 24.8 Å². The Morgan fingerprint density at radius 3 is 2.59 bits per heavy atom. The standard InChI is InChI=1S/C19H25N5O3/c1-10(2)24-18-16(19(26)23-24)13(8-15(25)21-18)14-9-20-22-17(14)11-4-6-12(27-3)7-5-11/h4-7,10,13-14,17,20,22H,8-9H2,1-3H3,(H,21,25)(H,23,26). The van der Waals surface area contributed by atoms with Crippen LogP contribution in [0.1, 0.15) is 49.4 Å². The van der Waals surface area contributed by atoms with E-state index < -0.39 is 0 Å². The lowest BCUT2D eigenvalue weighted by Crippen LogP contribution is -2.33. The number of carbonyl (C=O) groups is 1. The van der Waals surface area contributed by atoms with Gasteiger partial charge in [-0.05, 0) is 31.5 Å². The average molecular weight is 371 g/mol. The lowest BCUT2D eigenvalue weighted by atomic mass is 9.77. The van der Waals surface area contributed by atoms with Crippen LogP contribution in [0.2, 0.25) is 0 Å². The molecule has 2 aromatic rings. The largest absolute Gasteiger partial charge is 0.497 e. The van der Waals surface area contributed by atoms with Crippen molar-refractivity contribution in [2.75, 3.05) is 19.0 Å². The number of anilines is 1. The molecule has 4 rings (SSSR count). The number of nitrogens with one attached hydrogen (secondary N) is 4. The van der Waals surface area contributed by atoms with Gasteiger partial charge in [-0.1, -0.05) is 12.1 Å². The molecule has 0 saturated carbocycles. The number of aromatic nitrogens is 2. The lowest BCUT2D eigenvalue weighted by Gasteiger charge is -2.30. The maximum Gasteiger partial charge on any atom is 0.269 e. The molecule has 0 spiro atoms. The maximum atomic E-state index is 12.7. The molecule has 3 atom stereocenters. The van der Waals surface area contributed by atoms with Crippen LogP contribution >= 0.6 is 0 Å². The van der Waals surface area contributed by atoms with Crippen molar-refractivity contribution in [3.05, 3.63) is 45.7 Å². The Morgan fingerprint density at radius 1 is 1.19 bits per heavy atom. The zero-order chi connectivity index (χ0) is 19.1. The smallest absolute Gasteiger partial charge is 0.269 e. The number of hydrazine groups is 1.